The summed E-state index contributed by atoms with van der Waals surface area (Å²) in [5.74, 6) is 0.844. The Hall–Kier alpha value is -0.340. The van der Waals surface area contributed by atoms with E-state index in [9.17, 15) is 0 Å². The van der Waals surface area contributed by atoms with Crippen molar-refractivity contribution in [1.29, 1.82) is 0 Å². The molecule has 0 fully saturated rings. The molecule has 0 rings (SSSR count). The summed E-state index contributed by atoms with van der Waals surface area (Å²) in [6.45, 7) is 8.78. The van der Waals surface area contributed by atoms with Crippen molar-refractivity contribution in [3.63, 3.8) is 0 Å². The monoisotopic (exact) mass is 256 g/mol. The number of rotatable bonds is 13. The van der Waals surface area contributed by atoms with Crippen LogP contribution in [0.25, 0.3) is 0 Å². The maximum atomic E-state index is 5.42. The summed E-state index contributed by atoms with van der Waals surface area (Å²) in [6, 6.07) is 0. The predicted octanol–water partition coefficient (Wildman–Crippen LogP) is 4.94. The van der Waals surface area contributed by atoms with Gasteiger partial charge < -0.3 is 9.47 Å². The van der Waals surface area contributed by atoms with Crippen LogP contribution in [-0.2, 0) is 9.47 Å². The van der Waals surface area contributed by atoms with E-state index in [1.54, 1.807) is 0 Å². The van der Waals surface area contributed by atoms with Crippen LogP contribution < -0.4 is 0 Å². The third-order valence-corrected chi connectivity index (χ3v) is 2.82. The van der Waals surface area contributed by atoms with Crippen molar-refractivity contribution in [1.82, 2.24) is 0 Å². The van der Waals surface area contributed by atoms with E-state index in [2.05, 4.69) is 32.9 Å². The third-order valence-electron chi connectivity index (χ3n) is 2.82. The van der Waals surface area contributed by atoms with Gasteiger partial charge in [-0.2, -0.15) is 0 Å². The van der Waals surface area contributed by atoms with Crippen LogP contribution in [0, 0.1) is 5.92 Å². The summed E-state index contributed by atoms with van der Waals surface area (Å²) in [6.07, 6.45) is 12.9. The largest absolute Gasteiger partial charge is 0.355 e. The Labute approximate surface area is 114 Å². The number of ether oxygens (including phenoxy) is 2. The number of hydrogen-bond acceptors (Lipinski definition) is 2. The molecule has 0 amide bonds. The molecule has 0 saturated carbocycles. The van der Waals surface area contributed by atoms with Crippen molar-refractivity contribution in [2.24, 2.45) is 5.92 Å². The van der Waals surface area contributed by atoms with Crippen LogP contribution in [0.1, 0.15) is 65.7 Å². The van der Waals surface area contributed by atoms with Gasteiger partial charge in [-0.15, -0.1) is 0 Å². The lowest BCUT2D eigenvalue weighted by atomic mass is 10.0. The van der Waals surface area contributed by atoms with Crippen molar-refractivity contribution < 1.29 is 9.47 Å². The first-order valence-electron chi connectivity index (χ1n) is 7.57. The highest BCUT2D eigenvalue weighted by Crippen LogP contribution is 2.09. The maximum Gasteiger partial charge on any atom is 0.146 e. The molecule has 0 aliphatic carbocycles. The first kappa shape index (κ1) is 17.7. The van der Waals surface area contributed by atoms with E-state index in [-0.39, 0.29) is 0 Å². The lowest BCUT2D eigenvalue weighted by molar-refractivity contribution is -0.0531. The molecule has 2 heteroatoms. The summed E-state index contributed by atoms with van der Waals surface area (Å²) in [7, 11) is 0. The average molecular weight is 256 g/mol. The lowest BCUT2D eigenvalue weighted by Gasteiger charge is -2.06. The summed E-state index contributed by atoms with van der Waals surface area (Å²) < 4.78 is 10.8. The predicted molar refractivity (Wildman–Crippen MR) is 78.7 cm³/mol. The van der Waals surface area contributed by atoms with Crippen LogP contribution >= 0.6 is 0 Å². The zero-order valence-corrected chi connectivity index (χ0v) is 12.6. The van der Waals surface area contributed by atoms with Gasteiger partial charge in [-0.05, 0) is 25.2 Å². The maximum absolute atomic E-state index is 5.42. The molecule has 0 spiro atoms. The van der Waals surface area contributed by atoms with Gasteiger partial charge in [0.05, 0.1) is 6.61 Å². The second kappa shape index (κ2) is 14.7. The van der Waals surface area contributed by atoms with Gasteiger partial charge in [0.1, 0.15) is 6.79 Å². The van der Waals surface area contributed by atoms with Gasteiger partial charge in [0, 0.05) is 6.61 Å². The van der Waals surface area contributed by atoms with Crippen molar-refractivity contribution in [3.8, 4) is 0 Å². The molecule has 0 N–H and O–H groups in total. The second-order valence-electron chi connectivity index (χ2n) is 5.20. The third kappa shape index (κ3) is 15.7. The molecule has 0 heterocycles. The Kier molecular flexibility index (Phi) is 14.4. The van der Waals surface area contributed by atoms with Gasteiger partial charge in [-0.3, -0.25) is 0 Å². The van der Waals surface area contributed by atoms with Gasteiger partial charge in [-0.1, -0.05) is 58.6 Å². The smallest absolute Gasteiger partial charge is 0.146 e. The van der Waals surface area contributed by atoms with E-state index in [1.807, 2.05) is 0 Å². The molecule has 0 aromatic carbocycles. The Morgan fingerprint density at radius 2 is 1.61 bits per heavy atom. The van der Waals surface area contributed by atoms with Crippen LogP contribution in [0.4, 0.5) is 0 Å². The summed E-state index contributed by atoms with van der Waals surface area (Å²) in [5.41, 5.74) is 0. The fourth-order valence-electron chi connectivity index (χ4n) is 1.72. The summed E-state index contributed by atoms with van der Waals surface area (Å²) in [4.78, 5) is 0. The topological polar surface area (TPSA) is 18.5 Å². The average Bonchev–Trinajstić information content (AvgIpc) is 2.34. The SMILES string of the molecule is CC/C=C\CCOCOCCCCCCC(C)C. The molecule has 108 valence electrons. The highest BCUT2D eigenvalue weighted by Gasteiger charge is 1.94. The number of hydrogen-bond donors (Lipinski definition) is 0. The first-order chi connectivity index (χ1) is 8.77. The minimum Gasteiger partial charge on any atom is -0.355 e. The number of allylic oxidation sites excluding steroid dienone is 1. The Bertz CT molecular complexity index is 176. The van der Waals surface area contributed by atoms with Crippen LogP contribution in [-0.4, -0.2) is 20.0 Å². The fraction of sp³-hybridized carbons (Fsp3) is 0.875. The lowest BCUT2D eigenvalue weighted by Crippen LogP contribution is -2.02. The van der Waals surface area contributed by atoms with E-state index >= 15 is 0 Å². The van der Waals surface area contributed by atoms with E-state index in [0.29, 0.717) is 6.79 Å². The van der Waals surface area contributed by atoms with Crippen molar-refractivity contribution in [2.45, 2.75) is 65.7 Å². The van der Waals surface area contributed by atoms with Gasteiger partial charge in [0.2, 0.25) is 0 Å². The van der Waals surface area contributed by atoms with Crippen molar-refractivity contribution in [3.05, 3.63) is 12.2 Å². The van der Waals surface area contributed by atoms with E-state index < -0.39 is 0 Å². The van der Waals surface area contributed by atoms with Crippen LogP contribution in [0.5, 0.6) is 0 Å². The zero-order chi connectivity index (χ0) is 13.5. The molecule has 0 aromatic heterocycles. The van der Waals surface area contributed by atoms with Gasteiger partial charge >= 0.3 is 0 Å². The molecular weight excluding hydrogens is 224 g/mol. The first-order valence-corrected chi connectivity index (χ1v) is 7.57. The van der Waals surface area contributed by atoms with Crippen LogP contribution in [0.2, 0.25) is 0 Å². The highest BCUT2D eigenvalue weighted by molar-refractivity contribution is 4.79. The minimum absolute atomic E-state index is 0.450. The van der Waals surface area contributed by atoms with Gasteiger partial charge in [0.15, 0.2) is 0 Å². The normalized spacial score (nSPS) is 11.8. The van der Waals surface area contributed by atoms with Crippen LogP contribution in [0.3, 0.4) is 0 Å². The summed E-state index contributed by atoms with van der Waals surface area (Å²) >= 11 is 0. The molecule has 0 aliphatic heterocycles. The zero-order valence-electron chi connectivity index (χ0n) is 12.6. The Balaban J connectivity index is 2.97. The number of unbranched alkanes of at least 4 members (excludes halogenated alkanes) is 3. The fourth-order valence-corrected chi connectivity index (χ4v) is 1.72. The van der Waals surface area contributed by atoms with Gasteiger partial charge in [-0.25, -0.2) is 0 Å². The highest BCUT2D eigenvalue weighted by atomic mass is 16.7. The molecular formula is C16H32O2. The van der Waals surface area contributed by atoms with E-state index in [0.717, 1.165) is 38.4 Å². The quantitative estimate of drug-likeness (QED) is 0.264. The van der Waals surface area contributed by atoms with E-state index in [4.69, 9.17) is 9.47 Å². The second-order valence-corrected chi connectivity index (χ2v) is 5.20. The molecule has 0 unspecified atom stereocenters. The van der Waals surface area contributed by atoms with Crippen molar-refractivity contribution >= 4 is 0 Å². The standard InChI is InChI=1S/C16H32O2/c1-4-5-6-10-13-17-15-18-14-11-8-7-9-12-16(2)3/h5-6,16H,4,7-15H2,1-3H3/b6-5-. The molecule has 2 nitrogen and oxygen atoms in total. The van der Waals surface area contributed by atoms with Crippen molar-refractivity contribution in [2.75, 3.05) is 20.0 Å². The summed E-state index contributed by atoms with van der Waals surface area (Å²) in [5, 5.41) is 0. The molecule has 0 aromatic rings. The molecule has 0 atom stereocenters. The van der Waals surface area contributed by atoms with Gasteiger partial charge in [0.25, 0.3) is 0 Å². The van der Waals surface area contributed by atoms with Crippen LogP contribution in [0.15, 0.2) is 12.2 Å². The molecule has 18 heavy (non-hydrogen) atoms. The van der Waals surface area contributed by atoms with E-state index in [1.165, 1.54) is 25.7 Å². The molecule has 0 aliphatic rings. The molecule has 0 bridgehead atoms. The molecule has 0 saturated heterocycles. The molecule has 0 radical (unpaired) electrons. The Morgan fingerprint density at radius 1 is 0.889 bits per heavy atom. The Morgan fingerprint density at radius 3 is 2.33 bits per heavy atom. The minimum atomic E-state index is 0.450.